The summed E-state index contributed by atoms with van der Waals surface area (Å²) in [7, 11) is 1.22. The van der Waals surface area contributed by atoms with Crippen LogP contribution in [-0.2, 0) is 19.1 Å². The number of rotatable bonds is 5. The van der Waals surface area contributed by atoms with Gasteiger partial charge in [-0.2, -0.15) is 5.26 Å². The predicted molar refractivity (Wildman–Crippen MR) is 132 cm³/mol. The Morgan fingerprint density at radius 2 is 1.92 bits per heavy atom. The number of nitrogens with two attached hydrogens (primary N) is 1. The van der Waals surface area contributed by atoms with E-state index in [1.165, 1.54) is 31.4 Å². The average Bonchev–Trinajstić information content (AvgIpc) is 3.16. The number of benzene rings is 2. The van der Waals surface area contributed by atoms with Crippen LogP contribution in [0.25, 0.3) is 0 Å². The number of fused-ring (bicyclic) bond motifs is 1. The Hall–Kier alpha value is -4.10. The number of hydrogen-bond donors (Lipinski definition) is 2. The van der Waals surface area contributed by atoms with Crippen LogP contribution in [0.2, 0.25) is 0 Å². The fourth-order valence-corrected chi connectivity index (χ4v) is 5.60. The third kappa shape index (κ3) is 4.45. The van der Waals surface area contributed by atoms with E-state index in [1.807, 2.05) is 32.0 Å². The molecule has 184 valence electrons. The fraction of sp³-hybridized carbons (Fsp3) is 0.231. The van der Waals surface area contributed by atoms with Gasteiger partial charge in [-0.1, -0.05) is 41.6 Å². The summed E-state index contributed by atoms with van der Waals surface area (Å²) in [5.74, 6) is -3.24. The molecule has 0 aromatic heterocycles. The Morgan fingerprint density at radius 1 is 1.22 bits per heavy atom. The molecule has 0 aliphatic carbocycles. The maximum Gasteiger partial charge on any atom is 0.307 e. The van der Waals surface area contributed by atoms with Crippen LogP contribution in [0.3, 0.4) is 0 Å². The van der Waals surface area contributed by atoms with Gasteiger partial charge >= 0.3 is 5.97 Å². The lowest BCUT2D eigenvalue weighted by atomic mass is 9.82. The topological polar surface area (TPSA) is 126 Å². The Labute approximate surface area is 211 Å². The Kier molecular flexibility index (Phi) is 6.86. The number of aryl methyl sites for hydroxylation is 2. The lowest BCUT2D eigenvalue weighted by molar-refractivity contribution is -0.142. The molecule has 2 atom stereocenters. The highest BCUT2D eigenvalue weighted by atomic mass is 32.2. The number of carbonyl (C=O) groups excluding carboxylic acids is 3. The van der Waals surface area contributed by atoms with Crippen molar-refractivity contribution < 1.29 is 23.5 Å². The van der Waals surface area contributed by atoms with E-state index in [2.05, 4.69) is 5.32 Å². The maximum atomic E-state index is 13.8. The number of carbonyl (C=O) groups is 3. The van der Waals surface area contributed by atoms with Crippen molar-refractivity contribution in [2.45, 2.75) is 31.4 Å². The van der Waals surface area contributed by atoms with Gasteiger partial charge in [0.2, 0.25) is 5.91 Å². The molecule has 0 spiro atoms. The Balaban J connectivity index is 1.88. The summed E-state index contributed by atoms with van der Waals surface area (Å²) in [6.07, 6.45) is -0.234. The van der Waals surface area contributed by atoms with Gasteiger partial charge < -0.3 is 15.8 Å². The van der Waals surface area contributed by atoms with Crippen molar-refractivity contribution in [2.75, 3.05) is 12.4 Å². The summed E-state index contributed by atoms with van der Waals surface area (Å²) < 4.78 is 18.4. The second-order valence-corrected chi connectivity index (χ2v) is 9.64. The van der Waals surface area contributed by atoms with Crippen molar-refractivity contribution >= 4 is 35.2 Å². The molecule has 3 N–H and O–H groups in total. The molecule has 2 aromatic rings. The van der Waals surface area contributed by atoms with E-state index in [-0.39, 0.29) is 28.4 Å². The summed E-state index contributed by atoms with van der Waals surface area (Å²) in [5, 5.41) is 12.3. The van der Waals surface area contributed by atoms with Gasteiger partial charge in [-0.05, 0) is 43.2 Å². The molecule has 36 heavy (non-hydrogen) atoms. The number of thioether (sulfide) groups is 1. The second-order valence-electron chi connectivity index (χ2n) is 8.45. The summed E-state index contributed by atoms with van der Waals surface area (Å²) in [5.41, 5.74) is 9.25. The minimum absolute atomic E-state index is 0.0243. The quantitative estimate of drug-likeness (QED) is 0.594. The van der Waals surface area contributed by atoms with Crippen molar-refractivity contribution in [1.29, 1.82) is 5.26 Å². The number of esters is 1. The number of nitriles is 1. The molecular weight excluding hydrogens is 483 g/mol. The van der Waals surface area contributed by atoms with E-state index < -0.39 is 34.8 Å². The van der Waals surface area contributed by atoms with E-state index in [4.69, 9.17) is 10.5 Å². The SMILES string of the molecule is COC(=O)C[C@H]1SC2=C(C(=O)Nc3ccc(C)cc3C)[C@@H](c3ccc(F)cc3)C(C#N)=C(N)N2C1=O. The zero-order valence-electron chi connectivity index (χ0n) is 19.8. The number of hydrogen-bond acceptors (Lipinski definition) is 7. The van der Waals surface area contributed by atoms with E-state index in [0.29, 0.717) is 11.3 Å². The average molecular weight is 507 g/mol. The van der Waals surface area contributed by atoms with Gasteiger partial charge in [0.25, 0.3) is 5.91 Å². The number of amides is 2. The monoisotopic (exact) mass is 506 g/mol. The van der Waals surface area contributed by atoms with Crippen LogP contribution in [0.15, 0.2) is 64.5 Å². The number of ether oxygens (including phenoxy) is 1. The normalized spacial score (nSPS) is 19.2. The number of nitrogens with one attached hydrogen (secondary N) is 1. The molecule has 0 radical (unpaired) electrons. The zero-order chi connectivity index (χ0) is 26.1. The first-order valence-corrected chi connectivity index (χ1v) is 11.9. The number of allylic oxidation sites excluding steroid dienone is 1. The Bertz CT molecular complexity index is 1380. The first-order chi connectivity index (χ1) is 17.2. The van der Waals surface area contributed by atoms with Crippen LogP contribution in [0.1, 0.15) is 29.0 Å². The lowest BCUT2D eigenvalue weighted by Gasteiger charge is -2.32. The summed E-state index contributed by atoms with van der Waals surface area (Å²) in [4.78, 5) is 40.1. The smallest absolute Gasteiger partial charge is 0.307 e. The lowest BCUT2D eigenvalue weighted by Crippen LogP contribution is -2.39. The molecule has 4 rings (SSSR count). The molecule has 0 saturated carbocycles. The number of anilines is 1. The molecule has 2 aromatic carbocycles. The highest BCUT2D eigenvalue weighted by molar-refractivity contribution is 8.04. The van der Waals surface area contributed by atoms with Gasteiger partial charge in [0.1, 0.15) is 16.9 Å². The van der Waals surface area contributed by atoms with Gasteiger partial charge in [-0.15, -0.1) is 0 Å². The van der Waals surface area contributed by atoms with E-state index >= 15 is 0 Å². The van der Waals surface area contributed by atoms with Gasteiger partial charge in [-0.25, -0.2) is 4.39 Å². The summed E-state index contributed by atoms with van der Waals surface area (Å²) in [6, 6.07) is 13.0. The number of halogens is 1. The predicted octanol–water partition coefficient (Wildman–Crippen LogP) is 3.59. The molecule has 0 unspecified atom stereocenters. The first-order valence-electron chi connectivity index (χ1n) is 11.0. The standard InChI is InChI=1S/C26H23FN4O4S/c1-13-4-9-18(14(2)10-13)30-24(33)22-21(15-5-7-16(27)8-6-15)17(12-28)23(29)31-25(34)19(36-26(22)31)11-20(32)35-3/h4-10,19,21H,11,29H2,1-3H3,(H,30,33)/t19-,21+/m1/s1. The summed E-state index contributed by atoms with van der Waals surface area (Å²) in [6.45, 7) is 3.78. The van der Waals surface area contributed by atoms with Crippen molar-refractivity contribution in [3.8, 4) is 6.07 Å². The van der Waals surface area contributed by atoms with Crippen LogP contribution < -0.4 is 11.1 Å². The van der Waals surface area contributed by atoms with Gasteiger partial charge in [-0.3, -0.25) is 19.3 Å². The van der Waals surface area contributed by atoms with Crippen LogP contribution in [-0.4, -0.2) is 35.0 Å². The van der Waals surface area contributed by atoms with E-state index in [9.17, 15) is 24.0 Å². The number of nitrogens with zero attached hydrogens (tertiary/aromatic N) is 2. The molecule has 2 heterocycles. The van der Waals surface area contributed by atoms with E-state index in [0.717, 1.165) is 27.8 Å². The van der Waals surface area contributed by atoms with E-state index in [1.54, 1.807) is 6.07 Å². The fourth-order valence-electron chi connectivity index (χ4n) is 4.28. The summed E-state index contributed by atoms with van der Waals surface area (Å²) >= 11 is 1.01. The largest absolute Gasteiger partial charge is 0.469 e. The molecule has 1 saturated heterocycles. The molecule has 2 aliphatic heterocycles. The van der Waals surface area contributed by atoms with Crippen molar-refractivity contribution in [2.24, 2.45) is 5.73 Å². The molecule has 8 nitrogen and oxygen atoms in total. The highest BCUT2D eigenvalue weighted by Gasteiger charge is 2.48. The molecule has 0 bridgehead atoms. The van der Waals surface area contributed by atoms with Crippen LogP contribution in [0.5, 0.6) is 0 Å². The second kappa shape index (κ2) is 9.87. The minimum Gasteiger partial charge on any atom is -0.469 e. The molecular formula is C26H23FN4O4S. The van der Waals surface area contributed by atoms with Gasteiger partial charge in [0, 0.05) is 5.69 Å². The third-order valence-electron chi connectivity index (χ3n) is 6.06. The highest BCUT2D eigenvalue weighted by Crippen LogP contribution is 2.50. The molecule has 1 fully saturated rings. The first kappa shape index (κ1) is 25.0. The molecule has 10 heteroatoms. The minimum atomic E-state index is -0.954. The Morgan fingerprint density at radius 3 is 2.53 bits per heavy atom. The third-order valence-corrected chi connectivity index (χ3v) is 7.33. The van der Waals surface area contributed by atoms with Gasteiger partial charge in [0.05, 0.1) is 41.7 Å². The number of methoxy groups -OCH3 is 1. The van der Waals surface area contributed by atoms with Crippen molar-refractivity contribution in [1.82, 2.24) is 4.90 Å². The van der Waals surface area contributed by atoms with Gasteiger partial charge in [0.15, 0.2) is 0 Å². The molecule has 2 amide bonds. The molecule has 2 aliphatic rings. The van der Waals surface area contributed by atoms with Crippen LogP contribution >= 0.6 is 11.8 Å². The van der Waals surface area contributed by atoms with Crippen LogP contribution in [0, 0.1) is 31.0 Å². The van der Waals surface area contributed by atoms with Crippen LogP contribution in [0.4, 0.5) is 10.1 Å². The zero-order valence-corrected chi connectivity index (χ0v) is 20.6. The maximum absolute atomic E-state index is 13.8. The van der Waals surface area contributed by atoms with Crippen molar-refractivity contribution in [3.63, 3.8) is 0 Å². The van der Waals surface area contributed by atoms with Crippen molar-refractivity contribution in [3.05, 3.63) is 87.0 Å².